The van der Waals surface area contributed by atoms with Gasteiger partial charge >= 0.3 is 0 Å². The molecule has 0 atom stereocenters. The maximum Gasteiger partial charge on any atom is 0.0721 e. The van der Waals surface area contributed by atoms with E-state index in [9.17, 15) is 0 Å². The summed E-state index contributed by atoms with van der Waals surface area (Å²) in [6.07, 6.45) is 16.1. The van der Waals surface area contributed by atoms with E-state index < -0.39 is 0 Å². The second kappa shape index (κ2) is 12.5. The summed E-state index contributed by atoms with van der Waals surface area (Å²) in [7, 11) is 0. The van der Waals surface area contributed by atoms with E-state index in [1.165, 1.54) is 80.0 Å². The summed E-state index contributed by atoms with van der Waals surface area (Å²) in [5.41, 5.74) is 5.21. The molecule has 1 aliphatic rings. The SMILES string of the molecule is C=CCOCc1ccc(-c2ccc(CCCC[C@H]3CC[C@H](CC=C)CC3)cc2)cc1. The lowest BCUT2D eigenvalue weighted by Crippen LogP contribution is -2.14. The maximum atomic E-state index is 5.51. The third-order valence-corrected chi connectivity index (χ3v) is 6.54. The van der Waals surface area contributed by atoms with Crippen molar-refractivity contribution in [2.75, 3.05) is 6.61 Å². The van der Waals surface area contributed by atoms with Crippen molar-refractivity contribution < 1.29 is 4.74 Å². The van der Waals surface area contributed by atoms with Crippen LogP contribution in [0.15, 0.2) is 73.8 Å². The van der Waals surface area contributed by atoms with Gasteiger partial charge in [0, 0.05) is 0 Å². The molecule has 0 heterocycles. The van der Waals surface area contributed by atoms with Crippen LogP contribution in [0.4, 0.5) is 0 Å². The maximum absolute atomic E-state index is 5.51. The van der Waals surface area contributed by atoms with E-state index >= 15 is 0 Å². The fourth-order valence-corrected chi connectivity index (χ4v) is 4.67. The van der Waals surface area contributed by atoms with Gasteiger partial charge in [0.15, 0.2) is 0 Å². The Morgan fingerprint density at radius 3 is 1.93 bits per heavy atom. The number of hydrogen-bond acceptors (Lipinski definition) is 1. The molecule has 0 radical (unpaired) electrons. The van der Waals surface area contributed by atoms with Gasteiger partial charge in [-0.25, -0.2) is 0 Å². The third-order valence-electron chi connectivity index (χ3n) is 6.54. The van der Waals surface area contributed by atoms with E-state index in [0.717, 1.165) is 11.8 Å². The molecule has 0 aromatic heterocycles. The van der Waals surface area contributed by atoms with Crippen LogP contribution in [-0.4, -0.2) is 6.61 Å². The van der Waals surface area contributed by atoms with Crippen LogP contribution in [0, 0.1) is 11.8 Å². The van der Waals surface area contributed by atoms with Crippen LogP contribution in [0.1, 0.15) is 62.5 Å². The van der Waals surface area contributed by atoms with Crippen LogP contribution >= 0.6 is 0 Å². The standard InChI is InChI=1S/C29H38O/c1-3-7-24-10-12-25(13-11-24)8-5-6-9-26-14-18-28(19-15-26)29-20-16-27(17-21-29)23-30-22-4-2/h3-4,14-21,24-25H,1-2,5-13,22-23H2/t24-,25-. The lowest BCUT2D eigenvalue weighted by molar-refractivity contribution is 0.149. The minimum atomic E-state index is 0.597. The zero-order valence-electron chi connectivity index (χ0n) is 18.5. The Kier molecular flexibility index (Phi) is 9.44. The highest BCUT2D eigenvalue weighted by molar-refractivity contribution is 5.63. The lowest BCUT2D eigenvalue weighted by Gasteiger charge is -2.27. The van der Waals surface area contributed by atoms with Gasteiger partial charge in [0.05, 0.1) is 13.2 Å². The van der Waals surface area contributed by atoms with E-state index in [-0.39, 0.29) is 0 Å². The van der Waals surface area contributed by atoms with E-state index in [0.29, 0.717) is 13.2 Å². The van der Waals surface area contributed by atoms with Crippen LogP contribution in [0.5, 0.6) is 0 Å². The van der Waals surface area contributed by atoms with Gasteiger partial charge in [-0.05, 0) is 66.2 Å². The van der Waals surface area contributed by atoms with E-state index in [1.54, 1.807) is 6.08 Å². The Morgan fingerprint density at radius 1 is 0.733 bits per heavy atom. The number of allylic oxidation sites excluding steroid dienone is 1. The number of unbranched alkanes of at least 4 members (excludes halogenated alkanes) is 1. The van der Waals surface area contributed by atoms with Crippen molar-refractivity contribution in [2.45, 2.75) is 64.4 Å². The summed E-state index contributed by atoms with van der Waals surface area (Å²) >= 11 is 0. The van der Waals surface area contributed by atoms with Crippen molar-refractivity contribution >= 4 is 0 Å². The number of benzene rings is 2. The van der Waals surface area contributed by atoms with Crippen molar-refractivity contribution in [3.63, 3.8) is 0 Å². The fraction of sp³-hybridized carbons (Fsp3) is 0.448. The lowest BCUT2D eigenvalue weighted by atomic mass is 9.78. The molecule has 0 bridgehead atoms. The number of aryl methyl sites for hydroxylation is 1. The Bertz CT molecular complexity index is 748. The largest absolute Gasteiger partial charge is 0.373 e. The predicted molar refractivity (Wildman–Crippen MR) is 130 cm³/mol. The van der Waals surface area contributed by atoms with Gasteiger partial charge < -0.3 is 4.74 Å². The summed E-state index contributed by atoms with van der Waals surface area (Å²) in [6, 6.07) is 17.8. The minimum absolute atomic E-state index is 0.597. The Hall–Kier alpha value is -2.12. The first kappa shape index (κ1) is 22.6. The summed E-state index contributed by atoms with van der Waals surface area (Å²) in [5.74, 6) is 1.89. The first-order chi connectivity index (χ1) is 14.8. The van der Waals surface area contributed by atoms with Crippen molar-refractivity contribution in [1.82, 2.24) is 0 Å². The molecule has 160 valence electrons. The molecule has 2 aromatic rings. The second-order valence-electron chi connectivity index (χ2n) is 8.85. The van der Waals surface area contributed by atoms with Crippen LogP contribution in [0.25, 0.3) is 11.1 Å². The van der Waals surface area contributed by atoms with Gasteiger partial charge in [0.25, 0.3) is 0 Å². The Balaban J connectivity index is 1.37. The normalized spacial score (nSPS) is 18.8. The zero-order valence-corrected chi connectivity index (χ0v) is 18.5. The average Bonchev–Trinajstić information content (AvgIpc) is 2.79. The van der Waals surface area contributed by atoms with E-state index in [1.807, 2.05) is 0 Å². The molecule has 3 rings (SSSR count). The molecular formula is C29H38O. The topological polar surface area (TPSA) is 9.23 Å². The average molecular weight is 403 g/mol. The minimum Gasteiger partial charge on any atom is -0.373 e. The van der Waals surface area contributed by atoms with Gasteiger partial charge in [0.2, 0.25) is 0 Å². The smallest absolute Gasteiger partial charge is 0.0721 e. The van der Waals surface area contributed by atoms with Crippen LogP contribution in [0.3, 0.4) is 0 Å². The molecule has 0 unspecified atom stereocenters. The molecule has 1 aliphatic carbocycles. The van der Waals surface area contributed by atoms with Crippen LogP contribution in [-0.2, 0) is 17.8 Å². The van der Waals surface area contributed by atoms with Crippen molar-refractivity contribution in [2.24, 2.45) is 11.8 Å². The highest BCUT2D eigenvalue weighted by Crippen LogP contribution is 2.33. The summed E-state index contributed by atoms with van der Waals surface area (Å²) in [6.45, 7) is 8.81. The van der Waals surface area contributed by atoms with Crippen molar-refractivity contribution in [3.8, 4) is 11.1 Å². The molecule has 0 saturated heterocycles. The van der Waals surface area contributed by atoms with Crippen molar-refractivity contribution in [1.29, 1.82) is 0 Å². The molecule has 1 fully saturated rings. The van der Waals surface area contributed by atoms with E-state index in [4.69, 9.17) is 4.74 Å². The fourth-order valence-electron chi connectivity index (χ4n) is 4.67. The molecule has 0 N–H and O–H groups in total. The number of ether oxygens (including phenoxy) is 1. The van der Waals surface area contributed by atoms with Gasteiger partial charge in [-0.2, -0.15) is 0 Å². The molecule has 0 spiro atoms. The number of hydrogen-bond donors (Lipinski definition) is 0. The molecule has 0 aliphatic heterocycles. The molecule has 1 heteroatoms. The molecule has 0 amide bonds. The van der Waals surface area contributed by atoms with Crippen LogP contribution < -0.4 is 0 Å². The summed E-state index contributed by atoms with van der Waals surface area (Å²) in [4.78, 5) is 0. The zero-order chi connectivity index (χ0) is 21.0. The van der Waals surface area contributed by atoms with Crippen molar-refractivity contribution in [3.05, 3.63) is 85.0 Å². The van der Waals surface area contributed by atoms with Gasteiger partial charge in [-0.1, -0.05) is 86.4 Å². The second-order valence-corrected chi connectivity index (χ2v) is 8.85. The molecular weight excluding hydrogens is 364 g/mol. The molecule has 1 saturated carbocycles. The monoisotopic (exact) mass is 402 g/mol. The Labute approximate surface area is 183 Å². The highest BCUT2D eigenvalue weighted by atomic mass is 16.5. The highest BCUT2D eigenvalue weighted by Gasteiger charge is 2.19. The molecule has 2 aromatic carbocycles. The predicted octanol–water partition coefficient (Wildman–Crippen LogP) is 8.15. The summed E-state index contributed by atoms with van der Waals surface area (Å²) < 4.78 is 5.51. The number of rotatable bonds is 12. The van der Waals surface area contributed by atoms with Gasteiger partial charge in [-0.15, -0.1) is 13.2 Å². The first-order valence-corrected chi connectivity index (χ1v) is 11.8. The summed E-state index contributed by atoms with van der Waals surface area (Å²) in [5, 5.41) is 0. The quantitative estimate of drug-likeness (QED) is 0.257. The van der Waals surface area contributed by atoms with E-state index in [2.05, 4.69) is 67.8 Å². The Morgan fingerprint density at radius 2 is 1.33 bits per heavy atom. The van der Waals surface area contributed by atoms with Gasteiger partial charge in [0.1, 0.15) is 0 Å². The third kappa shape index (κ3) is 7.29. The van der Waals surface area contributed by atoms with Crippen LogP contribution in [0.2, 0.25) is 0 Å². The molecule has 1 nitrogen and oxygen atoms in total. The first-order valence-electron chi connectivity index (χ1n) is 11.8. The molecule has 30 heavy (non-hydrogen) atoms. The van der Waals surface area contributed by atoms with Gasteiger partial charge in [-0.3, -0.25) is 0 Å².